The van der Waals surface area contributed by atoms with Crippen LogP contribution in [0.3, 0.4) is 0 Å². The van der Waals surface area contributed by atoms with Crippen LogP contribution in [0.2, 0.25) is 4.71 Å². The first kappa shape index (κ1) is 16.6. The second-order valence-electron chi connectivity index (χ2n) is 5.38. The predicted octanol–water partition coefficient (Wildman–Crippen LogP) is 4.04. The molecule has 22 heavy (non-hydrogen) atoms. The number of non-ortho nitro benzene ring substituents is 1. The molecule has 0 bridgehead atoms. The normalized spacial score (nSPS) is 11.3. The molecule has 0 aromatic heterocycles. The molecule has 0 saturated heterocycles. The van der Waals surface area contributed by atoms with Gasteiger partial charge in [-0.3, -0.25) is 0 Å². The fourth-order valence-corrected chi connectivity index (χ4v) is 4.02. The first-order chi connectivity index (χ1) is 10.5. The van der Waals surface area contributed by atoms with Crippen molar-refractivity contribution in [1.82, 2.24) is 0 Å². The monoisotopic (exact) mass is 361 g/mol. The van der Waals surface area contributed by atoms with Crippen LogP contribution in [0.15, 0.2) is 42.5 Å². The molecule has 116 valence electrons. The Labute approximate surface area is 137 Å². The quantitative estimate of drug-likeness (QED) is 0.443. The van der Waals surface area contributed by atoms with Crippen LogP contribution in [0.5, 0.6) is 5.75 Å². The van der Waals surface area contributed by atoms with E-state index >= 15 is 0 Å². The van der Waals surface area contributed by atoms with E-state index in [1.165, 1.54) is 11.6 Å². The number of rotatable bonds is 6. The number of ether oxygens (including phenoxy) is 1. The summed E-state index contributed by atoms with van der Waals surface area (Å²) in [6.45, 7) is 4.51. The summed E-state index contributed by atoms with van der Waals surface area (Å²) in [6, 6.07) is 12.9. The number of hydrogen-bond acceptors (Lipinski definition) is 3. The Morgan fingerprint density at radius 1 is 1.23 bits per heavy atom. The van der Waals surface area contributed by atoms with Gasteiger partial charge in [0.05, 0.1) is 0 Å². The van der Waals surface area contributed by atoms with Crippen molar-refractivity contribution in [3.63, 3.8) is 0 Å². The molecule has 0 spiro atoms. The number of nitro benzene ring substituents is 1. The van der Waals surface area contributed by atoms with Crippen molar-refractivity contribution < 1.29 is 9.66 Å². The zero-order valence-electron chi connectivity index (χ0n) is 13.0. The average Bonchev–Trinajstić information content (AvgIpc) is 2.52. The van der Waals surface area contributed by atoms with Gasteiger partial charge in [-0.05, 0) is 0 Å². The third-order valence-corrected chi connectivity index (χ3v) is 6.34. The maximum atomic E-state index is 11.0. The van der Waals surface area contributed by atoms with Crippen molar-refractivity contribution in [2.24, 2.45) is 0 Å². The van der Waals surface area contributed by atoms with Crippen molar-refractivity contribution in [2.75, 3.05) is 7.11 Å². The van der Waals surface area contributed by atoms with E-state index in [0.29, 0.717) is 5.75 Å². The maximum absolute atomic E-state index is 11.0. The van der Waals surface area contributed by atoms with Gasteiger partial charge in [-0.1, -0.05) is 0 Å². The number of hydrogen-bond donors (Lipinski definition) is 0. The molecule has 1 atom stereocenters. The number of nitrogens with zero attached hydrogens (tertiary/aromatic N) is 1. The summed E-state index contributed by atoms with van der Waals surface area (Å²) in [5.74, 6) is 0.655. The summed E-state index contributed by atoms with van der Waals surface area (Å²) in [5, 5.41) is 12.1. The molecular formula is C17H20AsNO3. The van der Waals surface area contributed by atoms with Crippen LogP contribution in [0.4, 0.5) is 5.69 Å². The molecule has 2 aromatic rings. The topological polar surface area (TPSA) is 52.4 Å². The van der Waals surface area contributed by atoms with Crippen LogP contribution in [0.1, 0.15) is 19.4 Å². The van der Waals surface area contributed by atoms with Gasteiger partial charge in [-0.25, -0.2) is 0 Å². The van der Waals surface area contributed by atoms with E-state index in [0.717, 1.165) is 21.0 Å². The van der Waals surface area contributed by atoms with Crippen molar-refractivity contribution in [2.45, 2.75) is 23.8 Å². The zero-order chi connectivity index (χ0) is 16.1. The molecular weight excluding hydrogens is 341 g/mol. The SMILES string of the molecule is COc1ccc([N+](=O)[O-])cc1-c1cccc(C[AsH]C(C)C)c1. The molecule has 0 saturated carbocycles. The molecule has 5 heteroatoms. The minimum atomic E-state index is -0.377. The third-order valence-electron chi connectivity index (χ3n) is 3.35. The van der Waals surface area contributed by atoms with Crippen molar-refractivity contribution in [3.05, 3.63) is 58.1 Å². The molecule has 2 aromatic carbocycles. The fraction of sp³-hybridized carbons (Fsp3) is 0.294. The summed E-state index contributed by atoms with van der Waals surface area (Å²) >= 11 is 0.00125. The zero-order valence-corrected chi connectivity index (χ0v) is 15.1. The Kier molecular flexibility index (Phi) is 5.62. The van der Waals surface area contributed by atoms with Crippen molar-refractivity contribution >= 4 is 21.4 Å². The standard InChI is InChI=1S/C17H20AsNO3/c1-12(2)18-11-13-5-4-6-14(9-13)16-10-15(19(20)21)7-8-17(16)22-3/h4-10,12,18H,11H2,1-3H3. The third kappa shape index (κ3) is 4.11. The second kappa shape index (κ2) is 7.46. The van der Waals surface area contributed by atoms with Crippen LogP contribution < -0.4 is 4.74 Å². The Balaban J connectivity index is 2.39. The van der Waals surface area contributed by atoms with E-state index < -0.39 is 0 Å². The predicted molar refractivity (Wildman–Crippen MR) is 91.0 cm³/mol. The van der Waals surface area contributed by atoms with Crippen LogP contribution in [0, 0.1) is 10.1 Å². The van der Waals surface area contributed by atoms with E-state index in [1.54, 1.807) is 19.2 Å². The van der Waals surface area contributed by atoms with Crippen molar-refractivity contribution in [3.8, 4) is 16.9 Å². The molecule has 2 rings (SSSR count). The molecule has 0 aliphatic carbocycles. The fourth-order valence-electron chi connectivity index (χ4n) is 2.21. The van der Waals surface area contributed by atoms with E-state index in [-0.39, 0.29) is 26.4 Å². The molecule has 0 N–H and O–H groups in total. The molecule has 4 nitrogen and oxygen atoms in total. The van der Waals surface area contributed by atoms with Crippen LogP contribution in [0.25, 0.3) is 11.1 Å². The van der Waals surface area contributed by atoms with Crippen molar-refractivity contribution in [1.29, 1.82) is 0 Å². The van der Waals surface area contributed by atoms with E-state index in [9.17, 15) is 10.1 Å². The van der Waals surface area contributed by atoms with Gasteiger partial charge in [-0.2, -0.15) is 0 Å². The first-order valence-corrected chi connectivity index (χ1v) is 9.86. The van der Waals surface area contributed by atoms with Crippen LogP contribution in [-0.4, -0.2) is 27.8 Å². The molecule has 0 amide bonds. The Morgan fingerprint density at radius 3 is 2.64 bits per heavy atom. The van der Waals surface area contributed by atoms with Gasteiger partial charge < -0.3 is 0 Å². The average molecular weight is 361 g/mol. The number of nitro groups is 1. The molecule has 0 heterocycles. The summed E-state index contributed by atoms with van der Waals surface area (Å²) in [7, 11) is 1.58. The van der Waals surface area contributed by atoms with Gasteiger partial charge in [0.25, 0.3) is 0 Å². The van der Waals surface area contributed by atoms with E-state index in [2.05, 4.69) is 26.0 Å². The van der Waals surface area contributed by atoms with E-state index in [4.69, 9.17) is 4.74 Å². The molecule has 0 aliphatic heterocycles. The Bertz CT molecular complexity index is 671. The summed E-state index contributed by atoms with van der Waals surface area (Å²) in [6.07, 6.45) is 0. The van der Waals surface area contributed by atoms with Gasteiger partial charge in [0.15, 0.2) is 0 Å². The number of benzene rings is 2. The van der Waals surface area contributed by atoms with Gasteiger partial charge in [-0.15, -0.1) is 0 Å². The molecule has 0 aliphatic rings. The second-order valence-corrected chi connectivity index (χ2v) is 9.40. The summed E-state index contributed by atoms with van der Waals surface area (Å²) in [4.78, 5) is 10.6. The molecule has 1 unspecified atom stereocenters. The number of methoxy groups -OCH3 is 1. The van der Waals surface area contributed by atoms with Gasteiger partial charge >= 0.3 is 137 Å². The van der Waals surface area contributed by atoms with Crippen LogP contribution >= 0.6 is 0 Å². The summed E-state index contributed by atoms with van der Waals surface area (Å²) < 4.78 is 6.13. The van der Waals surface area contributed by atoms with Gasteiger partial charge in [0.1, 0.15) is 0 Å². The van der Waals surface area contributed by atoms with Gasteiger partial charge in [0.2, 0.25) is 0 Å². The van der Waals surface area contributed by atoms with Gasteiger partial charge in [0, 0.05) is 0 Å². The summed E-state index contributed by atoms with van der Waals surface area (Å²) in [5.41, 5.74) is 3.10. The van der Waals surface area contributed by atoms with Crippen LogP contribution in [-0.2, 0) is 5.21 Å². The Hall–Kier alpha value is -1.80. The first-order valence-electron chi connectivity index (χ1n) is 7.16. The minimum absolute atomic E-state index is 0.00125. The Morgan fingerprint density at radius 2 is 2.00 bits per heavy atom. The van der Waals surface area contributed by atoms with E-state index in [1.807, 2.05) is 12.1 Å². The molecule has 0 fully saturated rings. The molecule has 0 radical (unpaired) electrons.